The summed E-state index contributed by atoms with van der Waals surface area (Å²) in [7, 11) is 0. The van der Waals surface area contributed by atoms with Crippen LogP contribution in [0.4, 0.5) is 10.5 Å². The number of nitrogens with one attached hydrogen (secondary N) is 2. The van der Waals surface area contributed by atoms with Crippen molar-refractivity contribution in [3.8, 4) is 0 Å². The Bertz CT molecular complexity index is 384. The van der Waals surface area contributed by atoms with Crippen molar-refractivity contribution in [1.29, 1.82) is 0 Å². The summed E-state index contributed by atoms with van der Waals surface area (Å²) in [6.07, 6.45) is 1.56. The molecule has 0 spiro atoms. The third kappa shape index (κ3) is 3.36. The molecule has 1 aromatic heterocycles. The largest absolute Gasteiger partial charge is 0.394 e. The molecule has 0 radical (unpaired) electrons. The SMILES string of the molecule is Cc1nccc(NC(=O)N[C@@H](C)CO)c1Cl. The van der Waals surface area contributed by atoms with Crippen molar-refractivity contribution >= 4 is 23.3 Å². The average Bonchev–Trinajstić information content (AvgIpc) is 2.24. The fourth-order valence-electron chi connectivity index (χ4n) is 1.07. The Morgan fingerprint density at radius 3 is 3.00 bits per heavy atom. The second-order valence-electron chi connectivity index (χ2n) is 3.44. The Balaban J connectivity index is 2.66. The Morgan fingerprint density at radius 2 is 2.38 bits per heavy atom. The predicted molar refractivity (Wildman–Crippen MR) is 62.7 cm³/mol. The highest BCUT2D eigenvalue weighted by molar-refractivity contribution is 6.34. The maximum absolute atomic E-state index is 11.4. The van der Waals surface area contributed by atoms with Gasteiger partial charge in [-0.1, -0.05) is 11.6 Å². The van der Waals surface area contributed by atoms with Gasteiger partial charge in [-0.15, -0.1) is 0 Å². The van der Waals surface area contributed by atoms with Crippen molar-refractivity contribution in [1.82, 2.24) is 10.3 Å². The first-order valence-corrected chi connectivity index (χ1v) is 5.22. The molecule has 1 atom stereocenters. The van der Waals surface area contributed by atoms with E-state index in [9.17, 15) is 4.79 Å². The Morgan fingerprint density at radius 1 is 1.69 bits per heavy atom. The number of carbonyl (C=O) groups is 1. The number of aryl methyl sites for hydroxylation is 1. The van der Waals surface area contributed by atoms with Gasteiger partial charge >= 0.3 is 6.03 Å². The van der Waals surface area contributed by atoms with Gasteiger partial charge in [0, 0.05) is 6.20 Å². The number of urea groups is 1. The van der Waals surface area contributed by atoms with E-state index in [4.69, 9.17) is 16.7 Å². The number of nitrogens with zero attached hydrogens (tertiary/aromatic N) is 1. The minimum atomic E-state index is -0.408. The molecule has 1 aromatic rings. The van der Waals surface area contributed by atoms with Gasteiger partial charge in [-0.2, -0.15) is 0 Å². The number of pyridine rings is 1. The first-order chi connectivity index (χ1) is 7.54. The van der Waals surface area contributed by atoms with Crippen molar-refractivity contribution in [2.45, 2.75) is 19.9 Å². The van der Waals surface area contributed by atoms with Crippen molar-refractivity contribution in [3.05, 3.63) is 23.0 Å². The third-order valence-corrected chi connectivity index (χ3v) is 2.44. The number of halogens is 1. The summed E-state index contributed by atoms with van der Waals surface area (Å²) in [6.45, 7) is 3.33. The minimum absolute atomic E-state index is 0.115. The molecule has 0 bridgehead atoms. The monoisotopic (exact) mass is 243 g/mol. The van der Waals surface area contributed by atoms with Gasteiger partial charge in [0.05, 0.1) is 29.1 Å². The van der Waals surface area contributed by atoms with Crippen molar-refractivity contribution in [2.24, 2.45) is 0 Å². The molecule has 1 heterocycles. The molecule has 0 fully saturated rings. The maximum atomic E-state index is 11.4. The normalized spacial score (nSPS) is 12.0. The molecule has 0 aromatic carbocycles. The second kappa shape index (κ2) is 5.67. The standard InChI is InChI=1S/C10H14ClN3O2/c1-6(5-15)13-10(16)14-8-3-4-12-7(2)9(8)11/h3-4,6,15H,5H2,1-2H3,(H2,12,13,14,16)/t6-/m0/s1. The van der Waals surface area contributed by atoms with E-state index >= 15 is 0 Å². The number of amides is 2. The van der Waals surface area contributed by atoms with Crippen LogP contribution in [0, 0.1) is 6.92 Å². The van der Waals surface area contributed by atoms with Crippen LogP contribution in [0.2, 0.25) is 5.02 Å². The first kappa shape index (κ1) is 12.7. The fourth-order valence-corrected chi connectivity index (χ4v) is 1.23. The van der Waals surface area contributed by atoms with Crippen LogP contribution in [0.25, 0.3) is 0 Å². The van der Waals surface area contributed by atoms with Crippen LogP contribution in [0.15, 0.2) is 12.3 Å². The lowest BCUT2D eigenvalue weighted by atomic mass is 10.3. The maximum Gasteiger partial charge on any atom is 0.319 e. The quantitative estimate of drug-likeness (QED) is 0.754. The molecule has 88 valence electrons. The molecular weight excluding hydrogens is 230 g/mol. The lowest BCUT2D eigenvalue weighted by molar-refractivity contribution is 0.229. The molecule has 0 aliphatic carbocycles. The molecule has 0 aliphatic heterocycles. The highest BCUT2D eigenvalue weighted by Crippen LogP contribution is 2.22. The number of aliphatic hydroxyl groups excluding tert-OH is 1. The average molecular weight is 244 g/mol. The van der Waals surface area contributed by atoms with Crippen LogP contribution < -0.4 is 10.6 Å². The Hall–Kier alpha value is -1.33. The van der Waals surface area contributed by atoms with Gasteiger partial charge in [0.2, 0.25) is 0 Å². The zero-order valence-electron chi connectivity index (χ0n) is 9.12. The molecule has 2 amide bonds. The van der Waals surface area contributed by atoms with E-state index in [1.165, 1.54) is 0 Å². The van der Waals surface area contributed by atoms with E-state index in [0.29, 0.717) is 16.4 Å². The van der Waals surface area contributed by atoms with Gasteiger partial charge < -0.3 is 15.7 Å². The van der Waals surface area contributed by atoms with Crippen LogP contribution in [0.5, 0.6) is 0 Å². The molecule has 3 N–H and O–H groups in total. The van der Waals surface area contributed by atoms with Gasteiger partial charge in [-0.3, -0.25) is 4.98 Å². The summed E-state index contributed by atoms with van der Waals surface area (Å²) in [5.74, 6) is 0. The van der Waals surface area contributed by atoms with Crippen molar-refractivity contribution in [3.63, 3.8) is 0 Å². The summed E-state index contributed by atoms with van der Waals surface area (Å²) < 4.78 is 0. The second-order valence-corrected chi connectivity index (χ2v) is 3.82. The molecule has 16 heavy (non-hydrogen) atoms. The number of anilines is 1. The summed E-state index contributed by atoms with van der Waals surface area (Å²) in [6, 6.07) is 0.897. The number of aromatic nitrogens is 1. The Labute approximate surface area is 98.8 Å². The van der Waals surface area contributed by atoms with Crippen LogP contribution in [0.1, 0.15) is 12.6 Å². The fraction of sp³-hybridized carbons (Fsp3) is 0.400. The highest BCUT2D eigenvalue weighted by Gasteiger charge is 2.09. The van der Waals surface area contributed by atoms with E-state index in [0.717, 1.165) is 0 Å². The molecule has 0 aliphatic rings. The summed E-state index contributed by atoms with van der Waals surface area (Å²) in [4.78, 5) is 15.4. The van der Waals surface area contributed by atoms with E-state index in [1.807, 2.05) is 0 Å². The van der Waals surface area contributed by atoms with Gasteiger partial charge in [0.1, 0.15) is 0 Å². The van der Waals surface area contributed by atoms with E-state index in [1.54, 1.807) is 26.1 Å². The van der Waals surface area contributed by atoms with Crippen LogP contribution in [0.3, 0.4) is 0 Å². The topological polar surface area (TPSA) is 74.2 Å². The number of rotatable bonds is 3. The Kier molecular flexibility index (Phi) is 4.52. The van der Waals surface area contributed by atoms with Crippen molar-refractivity contribution in [2.75, 3.05) is 11.9 Å². The molecule has 0 unspecified atom stereocenters. The smallest absolute Gasteiger partial charge is 0.319 e. The summed E-state index contributed by atoms with van der Waals surface area (Å²) in [5.41, 5.74) is 1.14. The number of carbonyl (C=O) groups excluding carboxylic acids is 1. The molecule has 1 rings (SSSR count). The summed E-state index contributed by atoms with van der Waals surface area (Å²) >= 11 is 5.95. The van der Waals surface area contributed by atoms with Crippen molar-refractivity contribution < 1.29 is 9.90 Å². The van der Waals surface area contributed by atoms with Crippen LogP contribution in [-0.2, 0) is 0 Å². The van der Waals surface area contributed by atoms with Crippen LogP contribution in [-0.4, -0.2) is 28.8 Å². The predicted octanol–water partition coefficient (Wildman–Crippen LogP) is 1.55. The van der Waals surface area contributed by atoms with Gasteiger partial charge in [-0.05, 0) is 19.9 Å². The van der Waals surface area contributed by atoms with Gasteiger partial charge in [-0.25, -0.2) is 4.79 Å². The van der Waals surface area contributed by atoms with Crippen LogP contribution >= 0.6 is 11.6 Å². The highest BCUT2D eigenvalue weighted by atomic mass is 35.5. The molecule has 6 heteroatoms. The van der Waals surface area contributed by atoms with E-state index in [2.05, 4.69) is 15.6 Å². The first-order valence-electron chi connectivity index (χ1n) is 4.84. The van der Waals surface area contributed by atoms with Gasteiger partial charge in [0.25, 0.3) is 0 Å². The molecular formula is C10H14ClN3O2. The number of aliphatic hydroxyl groups is 1. The van der Waals surface area contributed by atoms with E-state index in [-0.39, 0.29) is 12.6 Å². The van der Waals surface area contributed by atoms with Gasteiger partial charge in [0.15, 0.2) is 0 Å². The molecule has 0 saturated carbocycles. The molecule has 5 nitrogen and oxygen atoms in total. The zero-order valence-corrected chi connectivity index (χ0v) is 9.88. The summed E-state index contributed by atoms with van der Waals surface area (Å²) in [5, 5.41) is 14.3. The number of hydrogen-bond donors (Lipinski definition) is 3. The number of hydrogen-bond acceptors (Lipinski definition) is 3. The minimum Gasteiger partial charge on any atom is -0.394 e. The lowest BCUT2D eigenvalue weighted by Crippen LogP contribution is -2.38. The lowest BCUT2D eigenvalue weighted by Gasteiger charge is -2.13. The zero-order chi connectivity index (χ0) is 12.1. The van der Waals surface area contributed by atoms with E-state index < -0.39 is 6.03 Å². The molecule has 0 saturated heterocycles. The third-order valence-electron chi connectivity index (χ3n) is 1.96.